The van der Waals surface area contributed by atoms with E-state index in [9.17, 15) is 9.59 Å². The second kappa shape index (κ2) is 7.77. The molecule has 0 radical (unpaired) electrons. The first-order valence-corrected chi connectivity index (χ1v) is 8.72. The molecule has 4 nitrogen and oxygen atoms in total. The molecule has 3 aromatic rings. The molecule has 1 heterocycles. The van der Waals surface area contributed by atoms with Crippen LogP contribution in [0.3, 0.4) is 0 Å². The Labute approximate surface area is 150 Å². The molecule has 0 bridgehead atoms. The number of esters is 1. The van der Waals surface area contributed by atoms with Gasteiger partial charge in [-0.1, -0.05) is 36.4 Å². The summed E-state index contributed by atoms with van der Waals surface area (Å²) in [6.07, 6.45) is -0.327. The van der Waals surface area contributed by atoms with E-state index in [1.165, 1.54) is 11.3 Å². The molecule has 5 heteroatoms. The SMILES string of the molecule is C[C@H](OC(=O)c1ccc(NC(=O)c2cccs2)cc1)c1ccccc1. The van der Waals surface area contributed by atoms with Gasteiger partial charge in [-0.3, -0.25) is 4.79 Å². The summed E-state index contributed by atoms with van der Waals surface area (Å²) >= 11 is 1.38. The first-order valence-electron chi connectivity index (χ1n) is 7.84. The maximum atomic E-state index is 12.2. The Kier molecular flexibility index (Phi) is 5.26. The molecule has 126 valence electrons. The Morgan fingerprint density at radius 3 is 2.32 bits per heavy atom. The number of nitrogens with one attached hydrogen (secondary N) is 1. The van der Waals surface area contributed by atoms with E-state index >= 15 is 0 Å². The smallest absolute Gasteiger partial charge is 0.338 e. The van der Waals surface area contributed by atoms with Crippen molar-refractivity contribution in [3.63, 3.8) is 0 Å². The molecule has 1 aromatic heterocycles. The molecular formula is C20H17NO3S. The van der Waals surface area contributed by atoms with Gasteiger partial charge in [-0.15, -0.1) is 11.3 Å². The lowest BCUT2D eigenvalue weighted by molar-refractivity contribution is 0.0338. The highest BCUT2D eigenvalue weighted by Crippen LogP contribution is 2.19. The van der Waals surface area contributed by atoms with Gasteiger partial charge in [0.15, 0.2) is 0 Å². The zero-order valence-corrected chi connectivity index (χ0v) is 14.5. The van der Waals surface area contributed by atoms with E-state index in [-0.39, 0.29) is 12.0 Å². The van der Waals surface area contributed by atoms with Gasteiger partial charge in [-0.2, -0.15) is 0 Å². The van der Waals surface area contributed by atoms with Crippen LogP contribution in [-0.2, 0) is 4.74 Å². The van der Waals surface area contributed by atoms with Crippen molar-refractivity contribution in [3.8, 4) is 0 Å². The molecule has 0 saturated carbocycles. The first-order chi connectivity index (χ1) is 12.1. The van der Waals surface area contributed by atoms with E-state index in [1.807, 2.05) is 48.7 Å². The number of benzene rings is 2. The highest BCUT2D eigenvalue weighted by Gasteiger charge is 2.14. The summed E-state index contributed by atoms with van der Waals surface area (Å²) in [4.78, 5) is 24.9. The number of hydrogen-bond donors (Lipinski definition) is 1. The van der Waals surface area contributed by atoms with E-state index in [1.54, 1.807) is 30.3 Å². The Bertz CT molecular complexity index is 842. The third-order valence-corrected chi connectivity index (χ3v) is 4.54. The molecular weight excluding hydrogens is 334 g/mol. The average Bonchev–Trinajstić information content (AvgIpc) is 3.18. The van der Waals surface area contributed by atoms with Crippen LogP contribution in [0.1, 0.15) is 38.6 Å². The van der Waals surface area contributed by atoms with Gasteiger partial charge in [0, 0.05) is 5.69 Å². The topological polar surface area (TPSA) is 55.4 Å². The molecule has 0 aliphatic heterocycles. The fourth-order valence-electron chi connectivity index (χ4n) is 2.31. The molecule has 0 aliphatic carbocycles. The third-order valence-electron chi connectivity index (χ3n) is 3.68. The third kappa shape index (κ3) is 4.33. The van der Waals surface area contributed by atoms with Gasteiger partial charge in [0.2, 0.25) is 0 Å². The second-order valence-corrected chi connectivity index (χ2v) is 6.41. The van der Waals surface area contributed by atoms with E-state index in [2.05, 4.69) is 5.32 Å². The number of ether oxygens (including phenoxy) is 1. The van der Waals surface area contributed by atoms with E-state index in [0.717, 1.165) is 5.56 Å². The first kappa shape index (κ1) is 16.9. The second-order valence-electron chi connectivity index (χ2n) is 5.47. The van der Waals surface area contributed by atoms with Crippen LogP contribution in [0.5, 0.6) is 0 Å². The molecule has 1 atom stereocenters. The minimum atomic E-state index is -0.396. The van der Waals surface area contributed by atoms with Crippen LogP contribution in [0.2, 0.25) is 0 Å². The fraction of sp³-hybridized carbons (Fsp3) is 0.100. The lowest BCUT2D eigenvalue weighted by Gasteiger charge is -2.13. The van der Waals surface area contributed by atoms with E-state index < -0.39 is 5.97 Å². The Balaban J connectivity index is 1.61. The number of rotatable bonds is 5. The van der Waals surface area contributed by atoms with Gasteiger partial charge in [0.1, 0.15) is 6.10 Å². The predicted molar refractivity (Wildman–Crippen MR) is 99.0 cm³/mol. The summed E-state index contributed by atoms with van der Waals surface area (Å²) in [5.74, 6) is -0.560. The largest absolute Gasteiger partial charge is 0.454 e. The van der Waals surface area contributed by atoms with Crippen molar-refractivity contribution >= 4 is 28.9 Å². The zero-order valence-electron chi connectivity index (χ0n) is 13.6. The monoisotopic (exact) mass is 351 g/mol. The van der Waals surface area contributed by atoms with Gasteiger partial charge in [-0.25, -0.2) is 4.79 Å². The summed E-state index contributed by atoms with van der Waals surface area (Å²) < 4.78 is 5.48. The zero-order chi connectivity index (χ0) is 17.6. The molecule has 0 aliphatic rings. The highest BCUT2D eigenvalue weighted by atomic mass is 32.1. The van der Waals surface area contributed by atoms with Gasteiger partial charge in [0.25, 0.3) is 5.91 Å². The molecule has 25 heavy (non-hydrogen) atoms. The lowest BCUT2D eigenvalue weighted by Crippen LogP contribution is -2.11. The molecule has 0 saturated heterocycles. The Morgan fingerprint density at radius 1 is 0.960 bits per heavy atom. The molecule has 3 rings (SSSR count). The van der Waals surface area contributed by atoms with Gasteiger partial charge in [0.05, 0.1) is 10.4 Å². The molecule has 1 N–H and O–H groups in total. The van der Waals surface area contributed by atoms with Crippen LogP contribution in [0, 0.1) is 0 Å². The summed E-state index contributed by atoms with van der Waals surface area (Å²) in [5.41, 5.74) is 2.01. The van der Waals surface area contributed by atoms with Crippen molar-refractivity contribution in [2.75, 3.05) is 5.32 Å². The Hall–Kier alpha value is -2.92. The molecule has 1 amide bonds. The van der Waals surface area contributed by atoms with Crippen LogP contribution in [0.25, 0.3) is 0 Å². The number of carbonyl (C=O) groups excluding carboxylic acids is 2. The van der Waals surface area contributed by atoms with E-state index in [4.69, 9.17) is 4.74 Å². The number of thiophene rings is 1. The van der Waals surface area contributed by atoms with Crippen molar-refractivity contribution in [1.29, 1.82) is 0 Å². The molecule has 0 fully saturated rings. The average molecular weight is 351 g/mol. The van der Waals surface area contributed by atoms with Crippen LogP contribution >= 0.6 is 11.3 Å². The standard InChI is InChI=1S/C20H17NO3S/c1-14(15-6-3-2-4-7-15)24-20(23)16-9-11-17(12-10-16)21-19(22)18-8-5-13-25-18/h2-14H,1H3,(H,21,22)/t14-/m0/s1. The number of amides is 1. The summed E-state index contributed by atoms with van der Waals surface area (Å²) in [6, 6.07) is 19.8. The molecule has 0 spiro atoms. The predicted octanol–water partition coefficient (Wildman–Crippen LogP) is 4.92. The number of carbonyl (C=O) groups is 2. The van der Waals surface area contributed by atoms with Crippen LogP contribution in [0.4, 0.5) is 5.69 Å². The number of hydrogen-bond acceptors (Lipinski definition) is 4. The Morgan fingerprint density at radius 2 is 1.68 bits per heavy atom. The van der Waals surface area contributed by atoms with Crippen molar-refractivity contribution in [2.24, 2.45) is 0 Å². The highest BCUT2D eigenvalue weighted by molar-refractivity contribution is 7.12. The fourth-order valence-corrected chi connectivity index (χ4v) is 2.93. The molecule has 0 unspecified atom stereocenters. The normalized spacial score (nSPS) is 11.6. The van der Waals surface area contributed by atoms with Crippen molar-refractivity contribution in [1.82, 2.24) is 0 Å². The van der Waals surface area contributed by atoms with Crippen molar-refractivity contribution in [3.05, 3.63) is 88.1 Å². The van der Waals surface area contributed by atoms with Gasteiger partial charge in [-0.05, 0) is 48.2 Å². The van der Waals surface area contributed by atoms with Crippen LogP contribution in [-0.4, -0.2) is 11.9 Å². The summed E-state index contributed by atoms with van der Waals surface area (Å²) in [5, 5.41) is 4.65. The number of anilines is 1. The van der Waals surface area contributed by atoms with Crippen molar-refractivity contribution in [2.45, 2.75) is 13.0 Å². The lowest BCUT2D eigenvalue weighted by atomic mass is 10.1. The van der Waals surface area contributed by atoms with Crippen LogP contribution in [0.15, 0.2) is 72.1 Å². The van der Waals surface area contributed by atoms with E-state index in [0.29, 0.717) is 16.1 Å². The van der Waals surface area contributed by atoms with Gasteiger partial charge >= 0.3 is 5.97 Å². The summed E-state index contributed by atoms with van der Waals surface area (Å²) in [7, 11) is 0. The molecule has 2 aromatic carbocycles. The van der Waals surface area contributed by atoms with Gasteiger partial charge < -0.3 is 10.1 Å². The quantitative estimate of drug-likeness (QED) is 0.664. The maximum absolute atomic E-state index is 12.2. The summed E-state index contributed by atoms with van der Waals surface area (Å²) in [6.45, 7) is 1.84. The van der Waals surface area contributed by atoms with Crippen LogP contribution < -0.4 is 5.32 Å². The maximum Gasteiger partial charge on any atom is 0.338 e. The van der Waals surface area contributed by atoms with Crippen molar-refractivity contribution < 1.29 is 14.3 Å². The minimum absolute atomic E-state index is 0.164. The minimum Gasteiger partial charge on any atom is -0.454 e.